The summed E-state index contributed by atoms with van der Waals surface area (Å²) in [7, 11) is 1.90. The summed E-state index contributed by atoms with van der Waals surface area (Å²) >= 11 is 0. The van der Waals surface area contributed by atoms with Gasteiger partial charge < -0.3 is 66.9 Å². The number of hydrogen-bond acceptors (Lipinski definition) is 14. The Balaban J connectivity index is 3.05. The highest BCUT2D eigenvalue weighted by atomic mass is 16.6. The lowest BCUT2D eigenvalue weighted by atomic mass is 10.0. The van der Waals surface area contributed by atoms with Crippen molar-refractivity contribution in [3.05, 3.63) is 0 Å². The zero-order valence-corrected chi connectivity index (χ0v) is 36.1. The van der Waals surface area contributed by atoms with Crippen LogP contribution in [0.1, 0.15) is 90.4 Å². The first-order valence-electron chi connectivity index (χ1n) is 22.1. The summed E-state index contributed by atoms with van der Waals surface area (Å²) in [4.78, 5) is 0. The molecule has 0 aliphatic heterocycles. The van der Waals surface area contributed by atoms with E-state index in [4.69, 9.17) is 61.6 Å². The summed E-state index contributed by atoms with van der Waals surface area (Å²) < 4.78 is 71.6. The molecule has 14 nitrogen and oxygen atoms in total. The number of hydrogen-bond donors (Lipinski definition) is 1. The third-order valence-corrected chi connectivity index (χ3v) is 8.35. The Morgan fingerprint density at radius 1 is 0.214 bits per heavy atom. The van der Waals surface area contributed by atoms with Gasteiger partial charge in [0.2, 0.25) is 0 Å². The highest BCUT2D eigenvalue weighted by Crippen LogP contribution is 2.12. The van der Waals surface area contributed by atoms with E-state index in [1.807, 2.05) is 7.05 Å². The molecular weight excluding hydrogens is 726 g/mol. The summed E-state index contributed by atoms with van der Waals surface area (Å²) in [5, 5.41) is 3.02. The van der Waals surface area contributed by atoms with Crippen LogP contribution in [0.4, 0.5) is 0 Å². The second-order valence-corrected chi connectivity index (χ2v) is 13.3. The lowest BCUT2D eigenvalue weighted by molar-refractivity contribution is -0.0290. The summed E-state index contributed by atoms with van der Waals surface area (Å²) in [6, 6.07) is 0. The van der Waals surface area contributed by atoms with Crippen molar-refractivity contribution in [1.29, 1.82) is 0 Å². The molecule has 0 aliphatic rings. The maximum atomic E-state index is 5.68. The SMILES string of the molecule is CCCCCCCCCCCCCCCOCCOCCOCCOCCOCCOCCOCCOCCOCCOCCOCCOCCOCCNC. The van der Waals surface area contributed by atoms with Gasteiger partial charge in [0.25, 0.3) is 0 Å². The standard InChI is InChI=1S/C42H87NO13/c1-3-4-5-6-7-8-9-10-11-12-13-14-15-17-44-19-21-46-23-25-48-27-29-50-31-33-52-35-37-54-39-41-56-42-40-55-38-36-53-34-32-51-30-28-49-26-24-47-22-20-45-18-16-43-2/h43H,3-42H2,1-2H3. The second-order valence-electron chi connectivity index (χ2n) is 13.3. The molecule has 0 saturated carbocycles. The van der Waals surface area contributed by atoms with Gasteiger partial charge in [0, 0.05) is 13.2 Å². The minimum absolute atomic E-state index is 0.515. The van der Waals surface area contributed by atoms with E-state index in [2.05, 4.69) is 12.2 Å². The fraction of sp³-hybridized carbons (Fsp3) is 1.00. The molecule has 338 valence electrons. The zero-order chi connectivity index (χ0) is 40.2. The predicted molar refractivity (Wildman–Crippen MR) is 220 cm³/mol. The molecular formula is C42H87NO13. The van der Waals surface area contributed by atoms with Crippen molar-refractivity contribution in [2.75, 3.05) is 185 Å². The average molecular weight is 814 g/mol. The Morgan fingerprint density at radius 2 is 0.393 bits per heavy atom. The molecule has 0 heterocycles. The molecule has 0 aromatic rings. The van der Waals surface area contributed by atoms with Gasteiger partial charge >= 0.3 is 0 Å². The number of rotatable bonds is 53. The number of unbranched alkanes of at least 4 members (excludes halogenated alkanes) is 12. The molecule has 0 saturated heterocycles. The largest absolute Gasteiger partial charge is 0.379 e. The van der Waals surface area contributed by atoms with Crippen molar-refractivity contribution in [2.24, 2.45) is 0 Å². The maximum Gasteiger partial charge on any atom is 0.0701 e. The molecule has 56 heavy (non-hydrogen) atoms. The first-order chi connectivity index (χ1) is 27.9. The van der Waals surface area contributed by atoms with Crippen LogP contribution in [-0.4, -0.2) is 185 Å². The fourth-order valence-electron chi connectivity index (χ4n) is 5.14. The van der Waals surface area contributed by atoms with Gasteiger partial charge in [-0.15, -0.1) is 0 Å². The van der Waals surface area contributed by atoms with Crippen molar-refractivity contribution >= 4 is 0 Å². The summed E-state index contributed by atoms with van der Waals surface area (Å²) in [5.41, 5.74) is 0. The molecule has 0 amide bonds. The Labute approximate surface area is 342 Å². The molecule has 0 spiro atoms. The van der Waals surface area contributed by atoms with E-state index in [0.29, 0.717) is 165 Å². The normalized spacial score (nSPS) is 11.7. The van der Waals surface area contributed by atoms with Gasteiger partial charge in [-0.1, -0.05) is 84.0 Å². The van der Waals surface area contributed by atoms with Crippen molar-refractivity contribution in [2.45, 2.75) is 90.4 Å². The number of nitrogens with one attached hydrogen (secondary N) is 1. The van der Waals surface area contributed by atoms with Gasteiger partial charge in [0.1, 0.15) is 0 Å². The van der Waals surface area contributed by atoms with Crippen LogP contribution in [0.2, 0.25) is 0 Å². The fourth-order valence-corrected chi connectivity index (χ4v) is 5.14. The van der Waals surface area contributed by atoms with Gasteiger partial charge in [0.05, 0.1) is 165 Å². The average Bonchev–Trinajstić information content (AvgIpc) is 3.21. The Hall–Kier alpha value is -0.560. The molecule has 0 aromatic carbocycles. The maximum absolute atomic E-state index is 5.68. The lowest BCUT2D eigenvalue weighted by Crippen LogP contribution is -2.17. The van der Waals surface area contributed by atoms with Crippen LogP contribution in [0.5, 0.6) is 0 Å². The van der Waals surface area contributed by atoms with Gasteiger partial charge in [-0.05, 0) is 13.5 Å². The van der Waals surface area contributed by atoms with E-state index < -0.39 is 0 Å². The zero-order valence-electron chi connectivity index (χ0n) is 36.1. The molecule has 0 fully saturated rings. The summed E-state index contributed by atoms with van der Waals surface area (Å²) in [6.45, 7) is 17.7. The van der Waals surface area contributed by atoms with Crippen LogP contribution < -0.4 is 5.32 Å². The number of ether oxygens (including phenoxy) is 13. The predicted octanol–water partition coefficient (Wildman–Crippen LogP) is 5.51. The van der Waals surface area contributed by atoms with Crippen LogP contribution in [0.25, 0.3) is 0 Å². The van der Waals surface area contributed by atoms with E-state index in [-0.39, 0.29) is 0 Å². The molecule has 14 heteroatoms. The Morgan fingerprint density at radius 3 is 0.607 bits per heavy atom. The third-order valence-electron chi connectivity index (χ3n) is 8.35. The summed E-state index contributed by atoms with van der Waals surface area (Å²) in [5.74, 6) is 0. The van der Waals surface area contributed by atoms with Crippen molar-refractivity contribution < 1.29 is 61.6 Å². The summed E-state index contributed by atoms with van der Waals surface area (Å²) in [6.07, 6.45) is 17.8. The quantitative estimate of drug-likeness (QED) is 0.0775. The van der Waals surface area contributed by atoms with Crippen LogP contribution in [0.15, 0.2) is 0 Å². The van der Waals surface area contributed by atoms with E-state index >= 15 is 0 Å². The van der Waals surface area contributed by atoms with Crippen LogP contribution in [0, 0.1) is 0 Å². The first kappa shape index (κ1) is 55.4. The molecule has 0 radical (unpaired) electrons. The molecule has 0 unspecified atom stereocenters. The molecule has 0 atom stereocenters. The molecule has 1 N–H and O–H groups in total. The minimum atomic E-state index is 0.515. The van der Waals surface area contributed by atoms with Crippen molar-refractivity contribution in [1.82, 2.24) is 5.32 Å². The van der Waals surface area contributed by atoms with Crippen molar-refractivity contribution in [3.63, 3.8) is 0 Å². The van der Waals surface area contributed by atoms with Gasteiger partial charge in [-0.25, -0.2) is 0 Å². The number of likely N-dealkylation sites (N-methyl/N-ethyl adjacent to an activating group) is 1. The van der Waals surface area contributed by atoms with E-state index in [0.717, 1.165) is 19.6 Å². The molecule has 0 bridgehead atoms. The first-order valence-corrected chi connectivity index (χ1v) is 22.1. The highest BCUT2D eigenvalue weighted by Gasteiger charge is 1.98. The van der Waals surface area contributed by atoms with Crippen LogP contribution >= 0.6 is 0 Å². The molecule has 0 rings (SSSR count). The van der Waals surface area contributed by atoms with Crippen molar-refractivity contribution in [3.8, 4) is 0 Å². The minimum Gasteiger partial charge on any atom is -0.379 e. The highest BCUT2D eigenvalue weighted by molar-refractivity contribution is 4.49. The smallest absolute Gasteiger partial charge is 0.0701 e. The Bertz CT molecular complexity index is 618. The lowest BCUT2D eigenvalue weighted by Gasteiger charge is -2.09. The van der Waals surface area contributed by atoms with Crippen LogP contribution in [0.3, 0.4) is 0 Å². The van der Waals surface area contributed by atoms with E-state index in [1.54, 1.807) is 0 Å². The third kappa shape index (κ3) is 53.4. The molecule has 0 aromatic heterocycles. The molecule has 0 aliphatic carbocycles. The van der Waals surface area contributed by atoms with E-state index in [1.165, 1.54) is 77.0 Å². The van der Waals surface area contributed by atoms with Crippen LogP contribution in [-0.2, 0) is 61.6 Å². The van der Waals surface area contributed by atoms with E-state index in [9.17, 15) is 0 Å². The van der Waals surface area contributed by atoms with Gasteiger partial charge in [-0.2, -0.15) is 0 Å². The topological polar surface area (TPSA) is 132 Å². The monoisotopic (exact) mass is 814 g/mol. The van der Waals surface area contributed by atoms with Gasteiger partial charge in [0.15, 0.2) is 0 Å². The Kier molecular flexibility index (Phi) is 53.9. The second kappa shape index (κ2) is 54.4. The van der Waals surface area contributed by atoms with Gasteiger partial charge in [-0.3, -0.25) is 0 Å².